The van der Waals surface area contributed by atoms with Gasteiger partial charge in [-0.3, -0.25) is 0 Å². The van der Waals surface area contributed by atoms with Crippen molar-refractivity contribution in [3.63, 3.8) is 0 Å². The van der Waals surface area contributed by atoms with Gasteiger partial charge in [-0.25, -0.2) is 9.18 Å². The van der Waals surface area contributed by atoms with Gasteiger partial charge < -0.3 is 9.84 Å². The SMILES string of the molecule is COC(=O)/C([N+]#N)=C(\O)C(CC(C)C)c1ccc(F)cc1. The summed E-state index contributed by atoms with van der Waals surface area (Å²) in [6, 6.07) is 5.57. The topological polar surface area (TPSA) is 74.7 Å². The number of allylic oxidation sites excluding steroid dienone is 1. The van der Waals surface area contributed by atoms with Crippen LogP contribution in [0.15, 0.2) is 35.7 Å². The molecule has 0 radical (unpaired) electrons. The van der Waals surface area contributed by atoms with Crippen LogP contribution < -0.4 is 0 Å². The first-order valence-electron chi connectivity index (χ1n) is 6.52. The van der Waals surface area contributed by atoms with Crippen molar-refractivity contribution in [1.29, 1.82) is 5.39 Å². The van der Waals surface area contributed by atoms with Crippen molar-refractivity contribution >= 4 is 5.97 Å². The van der Waals surface area contributed by atoms with Crippen LogP contribution >= 0.6 is 0 Å². The highest BCUT2D eigenvalue weighted by Gasteiger charge is 2.35. The van der Waals surface area contributed by atoms with E-state index in [0.29, 0.717) is 12.0 Å². The Balaban J connectivity index is 3.30. The van der Waals surface area contributed by atoms with Crippen LogP contribution in [0.25, 0.3) is 4.98 Å². The number of carbonyl (C=O) groups is 1. The zero-order chi connectivity index (χ0) is 16.0. The first-order chi connectivity index (χ1) is 9.90. The molecule has 1 rings (SSSR count). The van der Waals surface area contributed by atoms with Crippen LogP contribution in [0.3, 0.4) is 0 Å². The molecular weight excluding hydrogens is 275 g/mol. The Kier molecular flexibility index (Phi) is 5.85. The molecule has 0 aliphatic carbocycles. The number of nitrogens with zero attached hydrogens (tertiary/aromatic N) is 2. The number of ether oxygens (including phenoxy) is 1. The van der Waals surface area contributed by atoms with Crippen molar-refractivity contribution in [3.05, 3.63) is 52.1 Å². The third kappa shape index (κ3) is 4.28. The number of diazo groups is 1. The minimum Gasteiger partial charge on any atom is -0.504 e. The van der Waals surface area contributed by atoms with E-state index < -0.39 is 29.2 Å². The summed E-state index contributed by atoms with van der Waals surface area (Å²) < 4.78 is 17.5. The Morgan fingerprint density at radius 1 is 1.38 bits per heavy atom. The number of aliphatic hydroxyl groups excluding tert-OH is 1. The number of hydrogen-bond donors (Lipinski definition) is 1. The number of methoxy groups -OCH3 is 1. The van der Waals surface area contributed by atoms with E-state index >= 15 is 0 Å². The normalized spacial score (nSPS) is 13.3. The van der Waals surface area contributed by atoms with Gasteiger partial charge >= 0.3 is 11.7 Å². The lowest BCUT2D eigenvalue weighted by Gasteiger charge is -2.17. The standard InChI is InChI=1S/C15H17FN2O3/c1-9(2)8-12(10-4-6-11(16)7-5-10)14(19)13(18-17)15(20)21-3/h4-7,9,12H,8H2,1-3H3/p+1. The molecule has 112 valence electrons. The summed E-state index contributed by atoms with van der Waals surface area (Å²) in [4.78, 5) is 14.3. The molecule has 1 unspecified atom stereocenters. The molecule has 0 bridgehead atoms. The van der Waals surface area contributed by atoms with E-state index in [2.05, 4.69) is 9.71 Å². The first kappa shape index (κ1) is 16.6. The van der Waals surface area contributed by atoms with Gasteiger partial charge in [0.25, 0.3) is 0 Å². The van der Waals surface area contributed by atoms with Crippen molar-refractivity contribution in [3.8, 4) is 0 Å². The fourth-order valence-electron chi connectivity index (χ4n) is 2.03. The number of esters is 1. The highest BCUT2D eigenvalue weighted by Crippen LogP contribution is 2.32. The second kappa shape index (κ2) is 7.39. The van der Waals surface area contributed by atoms with Crippen LogP contribution in [-0.4, -0.2) is 18.2 Å². The van der Waals surface area contributed by atoms with Gasteiger partial charge in [-0.15, -0.1) is 0 Å². The van der Waals surface area contributed by atoms with Crippen LogP contribution in [0.2, 0.25) is 0 Å². The summed E-state index contributed by atoms with van der Waals surface area (Å²) in [7, 11) is 1.12. The highest BCUT2D eigenvalue weighted by molar-refractivity contribution is 5.90. The molecule has 0 aromatic heterocycles. The van der Waals surface area contributed by atoms with Crippen molar-refractivity contribution in [2.75, 3.05) is 7.11 Å². The van der Waals surface area contributed by atoms with Crippen LogP contribution in [0.5, 0.6) is 0 Å². The molecule has 5 nitrogen and oxygen atoms in total. The second-order valence-corrected chi connectivity index (χ2v) is 5.06. The molecule has 0 spiro atoms. The third-order valence-corrected chi connectivity index (χ3v) is 3.03. The van der Waals surface area contributed by atoms with Gasteiger partial charge in [-0.1, -0.05) is 26.0 Å². The van der Waals surface area contributed by atoms with E-state index in [1.165, 1.54) is 24.3 Å². The lowest BCUT2D eigenvalue weighted by Crippen LogP contribution is -2.12. The summed E-state index contributed by atoms with van der Waals surface area (Å²) in [5.74, 6) is -2.13. The minimum absolute atomic E-state index is 0.194. The number of carbonyl (C=O) groups excluding carboxylic acids is 1. The molecule has 0 saturated heterocycles. The number of halogens is 1. The lowest BCUT2D eigenvalue weighted by atomic mass is 9.88. The van der Waals surface area contributed by atoms with E-state index in [0.717, 1.165) is 7.11 Å². The van der Waals surface area contributed by atoms with Crippen LogP contribution in [0, 0.1) is 17.1 Å². The Morgan fingerprint density at radius 2 is 1.95 bits per heavy atom. The monoisotopic (exact) mass is 293 g/mol. The van der Waals surface area contributed by atoms with Gasteiger partial charge in [-0.05, 0) is 30.0 Å². The maximum absolute atomic E-state index is 13.0. The number of hydrogen-bond acceptors (Lipinski definition) is 4. The zero-order valence-corrected chi connectivity index (χ0v) is 12.2. The minimum atomic E-state index is -0.939. The van der Waals surface area contributed by atoms with Crippen molar-refractivity contribution in [1.82, 2.24) is 0 Å². The Bertz CT molecular complexity index is 574. The third-order valence-electron chi connectivity index (χ3n) is 3.03. The summed E-state index contributed by atoms with van der Waals surface area (Å²) in [5.41, 5.74) is 0.0696. The fourth-order valence-corrected chi connectivity index (χ4v) is 2.03. The van der Waals surface area contributed by atoms with Crippen molar-refractivity contribution < 1.29 is 19.0 Å². The van der Waals surface area contributed by atoms with E-state index in [1.807, 2.05) is 13.8 Å². The molecule has 6 heteroatoms. The Hall–Kier alpha value is -2.42. The van der Waals surface area contributed by atoms with E-state index in [9.17, 15) is 14.3 Å². The molecule has 0 aliphatic rings. The quantitative estimate of drug-likeness (QED) is 0.388. The average Bonchev–Trinajstić information content (AvgIpc) is 2.46. The van der Waals surface area contributed by atoms with E-state index in [1.54, 1.807) is 0 Å². The van der Waals surface area contributed by atoms with Gasteiger partial charge in [0.15, 0.2) is 4.98 Å². The largest absolute Gasteiger partial charge is 0.505 e. The average molecular weight is 293 g/mol. The highest BCUT2D eigenvalue weighted by atomic mass is 19.1. The molecule has 1 N–H and O–H groups in total. The van der Waals surface area contributed by atoms with E-state index in [4.69, 9.17) is 5.39 Å². The van der Waals surface area contributed by atoms with Crippen molar-refractivity contribution in [2.24, 2.45) is 5.92 Å². The first-order valence-corrected chi connectivity index (χ1v) is 6.52. The predicted octanol–water partition coefficient (Wildman–Crippen LogP) is 3.75. The van der Waals surface area contributed by atoms with Crippen LogP contribution in [-0.2, 0) is 9.53 Å². The summed E-state index contributed by atoms with van der Waals surface area (Å²) >= 11 is 0. The van der Waals surface area contributed by atoms with E-state index in [-0.39, 0.29) is 5.92 Å². The van der Waals surface area contributed by atoms with Crippen molar-refractivity contribution in [2.45, 2.75) is 26.2 Å². The summed E-state index contributed by atoms with van der Waals surface area (Å²) in [6.07, 6.45) is 0.494. The zero-order valence-electron chi connectivity index (χ0n) is 12.2. The molecule has 1 aromatic rings. The molecule has 21 heavy (non-hydrogen) atoms. The molecule has 0 heterocycles. The van der Waals surface area contributed by atoms with Gasteiger partial charge in [0.05, 0.1) is 13.0 Å². The Morgan fingerprint density at radius 3 is 2.38 bits per heavy atom. The molecule has 0 amide bonds. The lowest BCUT2D eigenvalue weighted by molar-refractivity contribution is -0.136. The number of aliphatic hydroxyl groups is 1. The molecule has 0 aliphatic heterocycles. The molecule has 1 atom stereocenters. The van der Waals surface area contributed by atoms with Gasteiger partial charge in [0.2, 0.25) is 11.2 Å². The number of benzene rings is 1. The van der Waals surface area contributed by atoms with Crippen LogP contribution in [0.4, 0.5) is 4.39 Å². The Labute approximate surface area is 122 Å². The molecule has 0 saturated carbocycles. The molecule has 0 fully saturated rings. The maximum atomic E-state index is 13.0. The van der Waals surface area contributed by atoms with Gasteiger partial charge in [0.1, 0.15) is 5.82 Å². The number of rotatable bonds is 5. The maximum Gasteiger partial charge on any atom is 0.505 e. The van der Waals surface area contributed by atoms with Gasteiger partial charge in [0, 0.05) is 0 Å². The van der Waals surface area contributed by atoms with Crippen LogP contribution in [0.1, 0.15) is 31.7 Å². The summed E-state index contributed by atoms with van der Waals surface area (Å²) in [5, 5.41) is 19.2. The predicted molar refractivity (Wildman–Crippen MR) is 75.4 cm³/mol. The summed E-state index contributed by atoms with van der Waals surface area (Å²) in [6.45, 7) is 3.88. The fraction of sp³-hybridized carbons (Fsp3) is 0.400. The molecular formula is C15H18FN2O3+. The smallest absolute Gasteiger partial charge is 0.504 e. The van der Waals surface area contributed by atoms with Gasteiger partial charge in [-0.2, -0.15) is 0 Å². The second-order valence-electron chi connectivity index (χ2n) is 5.06. The molecule has 1 aromatic carbocycles.